The summed E-state index contributed by atoms with van der Waals surface area (Å²) in [6.45, 7) is 4.73. The van der Waals surface area contributed by atoms with Crippen molar-refractivity contribution >= 4 is 11.7 Å². The molecule has 4 nitrogen and oxygen atoms in total. The minimum Gasteiger partial charge on any atom is -0.355 e. The Morgan fingerprint density at radius 2 is 2.05 bits per heavy atom. The first-order chi connectivity index (χ1) is 9.24. The molecule has 0 aromatic heterocycles. The number of hydrogen-bond donors (Lipinski definition) is 0. The van der Waals surface area contributed by atoms with Gasteiger partial charge >= 0.3 is 0 Å². The normalized spacial score (nSPS) is 17.6. The monoisotopic (exact) mass is 254 g/mol. The predicted molar refractivity (Wildman–Crippen MR) is 78.1 cm³/mol. The van der Waals surface area contributed by atoms with E-state index in [1.54, 1.807) is 0 Å². The van der Waals surface area contributed by atoms with Crippen molar-refractivity contribution in [3.63, 3.8) is 0 Å². The summed E-state index contributed by atoms with van der Waals surface area (Å²) in [6, 6.07) is 10.4. The van der Waals surface area contributed by atoms with Gasteiger partial charge in [-0.3, -0.25) is 4.99 Å². The summed E-state index contributed by atoms with van der Waals surface area (Å²) in [7, 11) is 2.07. The number of rotatable bonds is 3. The summed E-state index contributed by atoms with van der Waals surface area (Å²) < 4.78 is 0. The van der Waals surface area contributed by atoms with E-state index < -0.39 is 0 Å². The number of benzene rings is 1. The molecule has 0 saturated heterocycles. The van der Waals surface area contributed by atoms with Crippen LogP contribution in [-0.4, -0.2) is 41.6 Å². The molecular formula is C15H18N4. The van der Waals surface area contributed by atoms with Crippen LogP contribution in [0.3, 0.4) is 0 Å². The van der Waals surface area contributed by atoms with Gasteiger partial charge in [0, 0.05) is 26.2 Å². The Hall–Kier alpha value is -2.10. The fourth-order valence-electron chi connectivity index (χ4n) is 2.42. The molecule has 0 fully saturated rings. The second kappa shape index (κ2) is 4.88. The molecule has 0 aliphatic carbocycles. The molecular weight excluding hydrogens is 236 g/mol. The van der Waals surface area contributed by atoms with Crippen LogP contribution in [0, 0.1) is 0 Å². The maximum absolute atomic E-state index is 4.67. The lowest BCUT2D eigenvalue weighted by Crippen LogP contribution is -2.36. The van der Waals surface area contributed by atoms with Gasteiger partial charge in [-0.1, -0.05) is 30.3 Å². The molecule has 2 aliphatic rings. The van der Waals surface area contributed by atoms with E-state index in [2.05, 4.69) is 57.2 Å². The Kier molecular flexibility index (Phi) is 3.07. The lowest BCUT2D eigenvalue weighted by Gasteiger charge is -2.27. The number of amidine groups is 2. The second-order valence-corrected chi connectivity index (χ2v) is 4.89. The second-order valence-electron chi connectivity index (χ2n) is 4.89. The molecule has 1 aromatic carbocycles. The summed E-state index contributed by atoms with van der Waals surface area (Å²) in [6.07, 6.45) is 2.07. The van der Waals surface area contributed by atoms with Crippen LogP contribution in [-0.2, 0) is 6.54 Å². The molecule has 4 heteroatoms. The topological polar surface area (TPSA) is 31.2 Å². The van der Waals surface area contributed by atoms with E-state index in [1.807, 2.05) is 13.0 Å². The smallest absolute Gasteiger partial charge is 0.134 e. The maximum atomic E-state index is 4.67. The summed E-state index contributed by atoms with van der Waals surface area (Å²) in [4.78, 5) is 13.5. The predicted octanol–water partition coefficient (Wildman–Crippen LogP) is 2.11. The van der Waals surface area contributed by atoms with Crippen molar-refractivity contribution in [2.75, 3.05) is 20.1 Å². The Bertz CT molecular complexity index is 557. The third-order valence-electron chi connectivity index (χ3n) is 3.45. The van der Waals surface area contributed by atoms with Gasteiger partial charge < -0.3 is 9.80 Å². The fraction of sp³-hybridized carbons (Fsp3) is 0.333. The van der Waals surface area contributed by atoms with E-state index in [9.17, 15) is 0 Å². The SMILES string of the molecule is CC1=NC(N(C)Cc2ccccc2)=CC2=NCCN12. The molecule has 98 valence electrons. The first-order valence-electron chi connectivity index (χ1n) is 6.58. The minimum atomic E-state index is 0.858. The van der Waals surface area contributed by atoms with Crippen molar-refractivity contribution in [2.24, 2.45) is 9.98 Å². The number of fused-ring (bicyclic) bond motifs is 1. The van der Waals surface area contributed by atoms with Crippen molar-refractivity contribution in [1.82, 2.24) is 9.80 Å². The highest BCUT2D eigenvalue weighted by Crippen LogP contribution is 2.18. The van der Waals surface area contributed by atoms with Crippen LogP contribution in [0.15, 0.2) is 52.2 Å². The standard InChI is InChI=1S/C15H18N4/c1-12-17-15(10-14-16-8-9-19(12)14)18(2)11-13-6-4-3-5-7-13/h3-7,10H,8-9,11H2,1-2H3. The van der Waals surface area contributed by atoms with Crippen LogP contribution in [0.5, 0.6) is 0 Å². The molecule has 19 heavy (non-hydrogen) atoms. The van der Waals surface area contributed by atoms with Gasteiger partial charge in [-0.2, -0.15) is 0 Å². The molecule has 2 aliphatic heterocycles. The van der Waals surface area contributed by atoms with Crippen molar-refractivity contribution in [3.05, 3.63) is 47.8 Å². The first-order valence-corrected chi connectivity index (χ1v) is 6.58. The third-order valence-corrected chi connectivity index (χ3v) is 3.45. The van der Waals surface area contributed by atoms with Crippen LogP contribution in [0.2, 0.25) is 0 Å². The molecule has 0 saturated carbocycles. The largest absolute Gasteiger partial charge is 0.355 e. The van der Waals surface area contributed by atoms with Gasteiger partial charge in [0.05, 0.1) is 6.54 Å². The molecule has 0 unspecified atom stereocenters. The Morgan fingerprint density at radius 3 is 2.84 bits per heavy atom. The van der Waals surface area contributed by atoms with Crippen LogP contribution < -0.4 is 0 Å². The van der Waals surface area contributed by atoms with Crippen LogP contribution in [0.1, 0.15) is 12.5 Å². The van der Waals surface area contributed by atoms with Gasteiger partial charge in [-0.15, -0.1) is 0 Å². The zero-order valence-electron chi connectivity index (χ0n) is 11.4. The molecule has 0 bridgehead atoms. The third kappa shape index (κ3) is 2.38. The van der Waals surface area contributed by atoms with Gasteiger partial charge in [-0.25, -0.2) is 4.99 Å². The molecule has 0 N–H and O–H groups in total. The van der Waals surface area contributed by atoms with Crippen molar-refractivity contribution < 1.29 is 0 Å². The van der Waals surface area contributed by atoms with Crippen molar-refractivity contribution in [2.45, 2.75) is 13.5 Å². The van der Waals surface area contributed by atoms with E-state index in [1.165, 1.54) is 5.56 Å². The molecule has 0 radical (unpaired) electrons. The maximum Gasteiger partial charge on any atom is 0.134 e. The fourth-order valence-corrected chi connectivity index (χ4v) is 2.42. The first kappa shape index (κ1) is 12.0. The summed E-state index contributed by atoms with van der Waals surface area (Å²) in [5.41, 5.74) is 1.29. The zero-order chi connectivity index (χ0) is 13.2. The summed E-state index contributed by atoms with van der Waals surface area (Å²) >= 11 is 0. The average molecular weight is 254 g/mol. The van der Waals surface area contributed by atoms with Gasteiger partial charge in [-0.05, 0) is 12.5 Å². The molecule has 3 rings (SSSR count). The molecule has 0 atom stereocenters. The van der Waals surface area contributed by atoms with Gasteiger partial charge in [0.15, 0.2) is 0 Å². The van der Waals surface area contributed by atoms with E-state index in [-0.39, 0.29) is 0 Å². The van der Waals surface area contributed by atoms with Gasteiger partial charge in [0.1, 0.15) is 17.5 Å². The van der Waals surface area contributed by atoms with Crippen LogP contribution in [0.25, 0.3) is 0 Å². The highest BCUT2D eigenvalue weighted by molar-refractivity contribution is 6.08. The summed E-state index contributed by atoms with van der Waals surface area (Å²) in [5.74, 6) is 3.06. The Balaban J connectivity index is 1.79. The number of aliphatic imine (C=N–C) groups is 2. The van der Waals surface area contributed by atoms with Crippen LogP contribution in [0.4, 0.5) is 0 Å². The average Bonchev–Trinajstić information content (AvgIpc) is 2.88. The lowest BCUT2D eigenvalue weighted by atomic mass is 10.2. The number of hydrogen-bond acceptors (Lipinski definition) is 4. The zero-order valence-corrected chi connectivity index (χ0v) is 11.4. The van der Waals surface area contributed by atoms with Gasteiger partial charge in [0.2, 0.25) is 0 Å². The minimum absolute atomic E-state index is 0.858. The Morgan fingerprint density at radius 1 is 1.26 bits per heavy atom. The van der Waals surface area contributed by atoms with E-state index >= 15 is 0 Å². The van der Waals surface area contributed by atoms with Crippen molar-refractivity contribution in [3.8, 4) is 0 Å². The highest BCUT2D eigenvalue weighted by Gasteiger charge is 2.23. The quantitative estimate of drug-likeness (QED) is 0.827. The Labute approximate surface area is 113 Å². The van der Waals surface area contributed by atoms with Crippen molar-refractivity contribution in [1.29, 1.82) is 0 Å². The number of nitrogens with zero attached hydrogens (tertiary/aromatic N) is 4. The van der Waals surface area contributed by atoms with Gasteiger partial charge in [0.25, 0.3) is 0 Å². The van der Waals surface area contributed by atoms with E-state index in [0.717, 1.165) is 37.1 Å². The molecule has 2 heterocycles. The molecule has 1 aromatic rings. The molecule has 0 amide bonds. The van der Waals surface area contributed by atoms with E-state index in [4.69, 9.17) is 0 Å². The van der Waals surface area contributed by atoms with Crippen LogP contribution >= 0.6 is 0 Å². The van der Waals surface area contributed by atoms with E-state index in [0.29, 0.717) is 0 Å². The highest BCUT2D eigenvalue weighted by atomic mass is 15.3. The molecule has 0 spiro atoms. The lowest BCUT2D eigenvalue weighted by molar-refractivity contribution is 0.404. The summed E-state index contributed by atoms with van der Waals surface area (Å²) in [5, 5.41) is 0.